The van der Waals surface area contributed by atoms with Gasteiger partial charge in [-0.3, -0.25) is 4.79 Å². The summed E-state index contributed by atoms with van der Waals surface area (Å²) in [6, 6.07) is 17.2. The molecule has 1 unspecified atom stereocenters. The number of fused-ring (bicyclic) bond motifs is 1. The molecule has 1 atom stereocenters. The smallest absolute Gasteiger partial charge is 0.255 e. The summed E-state index contributed by atoms with van der Waals surface area (Å²) in [4.78, 5) is 18.5. The molecule has 9 nitrogen and oxygen atoms in total. The van der Waals surface area contributed by atoms with Crippen LogP contribution in [0, 0.1) is 0 Å². The summed E-state index contributed by atoms with van der Waals surface area (Å²) >= 11 is 12.6. The number of ether oxygens (including phenoxy) is 3. The number of para-hydroxylation sites is 2. The lowest BCUT2D eigenvalue weighted by Gasteiger charge is -2.29. The lowest BCUT2D eigenvalue weighted by molar-refractivity contribution is -0.113. The Morgan fingerprint density at radius 2 is 1.67 bits per heavy atom. The van der Waals surface area contributed by atoms with Crippen LogP contribution < -0.4 is 24.8 Å². The second-order valence-electron chi connectivity index (χ2n) is 8.67. The van der Waals surface area contributed by atoms with E-state index in [0.29, 0.717) is 67.2 Å². The minimum atomic E-state index is -0.660. The van der Waals surface area contributed by atoms with E-state index in [2.05, 4.69) is 10.6 Å². The number of methoxy groups -OCH3 is 3. The highest BCUT2D eigenvalue weighted by molar-refractivity contribution is 6.42. The average Bonchev–Trinajstić information content (AvgIpc) is 3.37. The first kappa shape index (κ1) is 26.4. The molecule has 0 saturated heterocycles. The second-order valence-corrected chi connectivity index (χ2v) is 9.48. The molecular formula is C28H25Cl2N5O4. The van der Waals surface area contributed by atoms with Gasteiger partial charge in [0.1, 0.15) is 11.8 Å². The number of allylic oxidation sites excluding steroid dienone is 1. The van der Waals surface area contributed by atoms with Gasteiger partial charge < -0.3 is 24.8 Å². The van der Waals surface area contributed by atoms with Crippen molar-refractivity contribution in [1.29, 1.82) is 0 Å². The molecule has 1 aliphatic rings. The first-order valence-electron chi connectivity index (χ1n) is 11.9. The van der Waals surface area contributed by atoms with Gasteiger partial charge in [0, 0.05) is 11.3 Å². The normalized spacial score (nSPS) is 14.4. The Kier molecular flexibility index (Phi) is 7.36. The van der Waals surface area contributed by atoms with Gasteiger partial charge in [-0.15, -0.1) is 5.10 Å². The van der Waals surface area contributed by atoms with Crippen LogP contribution in [0.25, 0.3) is 11.4 Å². The number of aromatic nitrogens is 3. The molecule has 11 heteroatoms. The van der Waals surface area contributed by atoms with Gasteiger partial charge in [-0.1, -0.05) is 41.4 Å². The molecule has 1 aliphatic heterocycles. The van der Waals surface area contributed by atoms with Gasteiger partial charge in [0.15, 0.2) is 17.3 Å². The van der Waals surface area contributed by atoms with E-state index in [1.165, 1.54) is 0 Å². The summed E-state index contributed by atoms with van der Waals surface area (Å²) in [5, 5.41) is 11.8. The fourth-order valence-electron chi connectivity index (χ4n) is 4.47. The Balaban J connectivity index is 1.61. The first-order valence-corrected chi connectivity index (χ1v) is 12.7. The van der Waals surface area contributed by atoms with Crippen LogP contribution in [0.5, 0.6) is 17.2 Å². The Bertz CT molecular complexity index is 1600. The molecule has 0 aliphatic carbocycles. The number of nitrogens with one attached hydrogen (secondary N) is 2. The van der Waals surface area contributed by atoms with Crippen molar-refractivity contribution in [3.05, 3.63) is 87.5 Å². The fourth-order valence-corrected chi connectivity index (χ4v) is 4.78. The van der Waals surface area contributed by atoms with Crippen LogP contribution in [0.3, 0.4) is 0 Å². The number of anilines is 2. The number of halogens is 2. The molecule has 39 heavy (non-hydrogen) atoms. The lowest BCUT2D eigenvalue weighted by Crippen LogP contribution is -2.31. The number of rotatable bonds is 7. The van der Waals surface area contributed by atoms with E-state index in [9.17, 15) is 4.79 Å². The molecule has 3 aromatic carbocycles. The van der Waals surface area contributed by atoms with Crippen molar-refractivity contribution < 1.29 is 19.0 Å². The lowest BCUT2D eigenvalue weighted by atomic mass is 9.95. The van der Waals surface area contributed by atoms with Crippen molar-refractivity contribution in [3.8, 4) is 28.6 Å². The van der Waals surface area contributed by atoms with Crippen LogP contribution in [-0.4, -0.2) is 42.0 Å². The number of hydrogen-bond acceptors (Lipinski definition) is 7. The van der Waals surface area contributed by atoms with E-state index in [1.54, 1.807) is 62.4 Å². The third-order valence-corrected chi connectivity index (χ3v) is 7.09. The van der Waals surface area contributed by atoms with Crippen molar-refractivity contribution in [2.45, 2.75) is 13.0 Å². The molecular weight excluding hydrogens is 541 g/mol. The number of amides is 1. The Morgan fingerprint density at radius 3 is 2.38 bits per heavy atom. The second kappa shape index (κ2) is 10.9. The Hall–Kier alpha value is -4.21. The van der Waals surface area contributed by atoms with Gasteiger partial charge in [0.2, 0.25) is 5.95 Å². The van der Waals surface area contributed by atoms with Crippen LogP contribution >= 0.6 is 23.2 Å². The summed E-state index contributed by atoms with van der Waals surface area (Å²) < 4.78 is 17.9. The van der Waals surface area contributed by atoms with Crippen LogP contribution in [-0.2, 0) is 4.79 Å². The maximum absolute atomic E-state index is 13.8. The molecule has 0 bridgehead atoms. The van der Waals surface area contributed by atoms with Crippen molar-refractivity contribution in [2.75, 3.05) is 32.0 Å². The molecule has 0 saturated carbocycles. The summed E-state index contributed by atoms with van der Waals surface area (Å²) in [6.07, 6.45) is 0. The molecule has 1 amide bonds. The zero-order valence-electron chi connectivity index (χ0n) is 21.6. The van der Waals surface area contributed by atoms with Crippen LogP contribution in [0.15, 0.2) is 71.9 Å². The summed E-state index contributed by atoms with van der Waals surface area (Å²) in [7, 11) is 4.69. The van der Waals surface area contributed by atoms with E-state index in [-0.39, 0.29) is 5.91 Å². The van der Waals surface area contributed by atoms with Gasteiger partial charge >= 0.3 is 0 Å². The molecule has 0 radical (unpaired) electrons. The van der Waals surface area contributed by atoms with Crippen molar-refractivity contribution in [2.24, 2.45) is 0 Å². The predicted octanol–water partition coefficient (Wildman–Crippen LogP) is 6.21. The van der Waals surface area contributed by atoms with Gasteiger partial charge in [-0.05, 0) is 55.0 Å². The highest BCUT2D eigenvalue weighted by Gasteiger charge is 2.35. The monoisotopic (exact) mass is 565 g/mol. The molecule has 4 aromatic rings. The minimum absolute atomic E-state index is 0.339. The van der Waals surface area contributed by atoms with Gasteiger partial charge in [-0.25, -0.2) is 4.68 Å². The fraction of sp³-hybridized carbons (Fsp3) is 0.179. The minimum Gasteiger partial charge on any atom is -0.495 e. The molecule has 200 valence electrons. The maximum Gasteiger partial charge on any atom is 0.255 e. The molecule has 2 heterocycles. The van der Waals surface area contributed by atoms with Gasteiger partial charge in [0.05, 0.1) is 42.6 Å². The van der Waals surface area contributed by atoms with Gasteiger partial charge in [-0.2, -0.15) is 4.98 Å². The summed E-state index contributed by atoms with van der Waals surface area (Å²) in [5.41, 5.74) is 2.99. The number of carbonyl (C=O) groups is 1. The van der Waals surface area contributed by atoms with E-state index in [4.69, 9.17) is 47.5 Å². The quantitative estimate of drug-likeness (QED) is 0.275. The third-order valence-electron chi connectivity index (χ3n) is 6.35. The van der Waals surface area contributed by atoms with E-state index in [0.717, 1.165) is 0 Å². The number of hydrogen-bond donors (Lipinski definition) is 2. The standard InChI is InChI=1S/C28H25Cl2N5O4/c1-15-24(27(36)32-20-7-5-6-8-21(20)37-2)25(16-9-11-18(29)19(30)13-16)35-28(31-15)33-26(34-35)17-10-12-22(38-3)23(14-17)39-4/h5-14,25H,1-4H3,(H,32,36)(H,31,33,34). The summed E-state index contributed by atoms with van der Waals surface area (Å²) in [5.74, 6) is 2.23. The van der Waals surface area contributed by atoms with E-state index < -0.39 is 6.04 Å². The van der Waals surface area contributed by atoms with Crippen LogP contribution in [0.2, 0.25) is 10.0 Å². The third kappa shape index (κ3) is 4.98. The molecule has 0 spiro atoms. The summed E-state index contributed by atoms with van der Waals surface area (Å²) in [6.45, 7) is 1.82. The van der Waals surface area contributed by atoms with Crippen LogP contribution in [0.4, 0.5) is 11.6 Å². The van der Waals surface area contributed by atoms with Crippen molar-refractivity contribution >= 4 is 40.7 Å². The Labute approximate surface area is 235 Å². The van der Waals surface area contributed by atoms with Crippen LogP contribution in [0.1, 0.15) is 18.5 Å². The average molecular weight is 566 g/mol. The van der Waals surface area contributed by atoms with Crippen molar-refractivity contribution in [3.63, 3.8) is 0 Å². The number of benzene rings is 3. The highest BCUT2D eigenvalue weighted by Crippen LogP contribution is 2.40. The SMILES string of the molecule is COc1ccccc1NC(=O)C1=C(C)Nc2nc(-c3ccc(OC)c(OC)c3)nn2C1c1ccc(Cl)c(Cl)c1. The highest BCUT2D eigenvalue weighted by atomic mass is 35.5. The topological polar surface area (TPSA) is 99.5 Å². The zero-order valence-corrected chi connectivity index (χ0v) is 23.1. The molecule has 5 rings (SSSR count). The molecule has 0 fully saturated rings. The first-order chi connectivity index (χ1) is 18.8. The largest absolute Gasteiger partial charge is 0.495 e. The predicted molar refractivity (Wildman–Crippen MR) is 151 cm³/mol. The van der Waals surface area contributed by atoms with Crippen molar-refractivity contribution in [1.82, 2.24) is 14.8 Å². The number of nitrogens with zero attached hydrogens (tertiary/aromatic N) is 3. The molecule has 1 aromatic heterocycles. The Morgan fingerprint density at radius 1 is 0.923 bits per heavy atom. The maximum atomic E-state index is 13.8. The van der Waals surface area contributed by atoms with E-state index in [1.807, 2.05) is 31.2 Å². The van der Waals surface area contributed by atoms with Gasteiger partial charge in [0.25, 0.3) is 5.91 Å². The number of carbonyl (C=O) groups excluding carboxylic acids is 1. The molecule has 2 N–H and O–H groups in total. The van der Waals surface area contributed by atoms with E-state index >= 15 is 0 Å². The zero-order chi connectivity index (χ0) is 27.7.